The lowest BCUT2D eigenvalue weighted by molar-refractivity contribution is -0.134. The lowest BCUT2D eigenvalue weighted by atomic mass is 10.2. The summed E-state index contributed by atoms with van der Waals surface area (Å²) in [6, 6.07) is 15.7. The molecule has 1 N–H and O–H groups in total. The number of halogens is 1. The second kappa shape index (κ2) is 5.82. The van der Waals surface area contributed by atoms with Gasteiger partial charge < -0.3 is 9.84 Å². The fourth-order valence-corrected chi connectivity index (χ4v) is 1.46. The van der Waals surface area contributed by atoms with Crippen LogP contribution in [0.5, 0.6) is 11.5 Å². The van der Waals surface area contributed by atoms with E-state index in [1.165, 1.54) is 0 Å². The molecule has 0 saturated heterocycles. The largest absolute Gasteiger partial charge is 0.476 e. The van der Waals surface area contributed by atoms with E-state index in [1.54, 1.807) is 24.3 Å². The van der Waals surface area contributed by atoms with Crippen molar-refractivity contribution in [2.24, 2.45) is 0 Å². The summed E-state index contributed by atoms with van der Waals surface area (Å²) in [5, 5.41) is 8.42. The molecule has 2 aromatic carbocycles. The highest BCUT2D eigenvalue weighted by Crippen LogP contribution is 2.21. The molecule has 4 heteroatoms. The second-order valence-electron chi connectivity index (χ2n) is 3.78. The molecule has 0 aromatic heterocycles. The summed E-state index contributed by atoms with van der Waals surface area (Å²) >= 11 is 0. The molecule has 0 aliphatic heterocycles. The minimum Gasteiger partial charge on any atom is -0.476 e. The Morgan fingerprint density at radius 3 is 2.16 bits per heavy atom. The topological polar surface area (TPSA) is 46.5 Å². The van der Waals surface area contributed by atoms with Gasteiger partial charge in [0.05, 0.1) is 0 Å². The third kappa shape index (κ3) is 3.67. The molecule has 0 fully saturated rings. The smallest absolute Gasteiger partial charge is 0.364 e. The van der Waals surface area contributed by atoms with Gasteiger partial charge in [-0.2, -0.15) is 4.39 Å². The van der Waals surface area contributed by atoms with Crippen LogP contribution in [-0.4, -0.2) is 11.1 Å². The van der Waals surface area contributed by atoms with Crippen LogP contribution in [0.3, 0.4) is 0 Å². The lowest BCUT2D eigenvalue weighted by Gasteiger charge is -2.05. The van der Waals surface area contributed by atoms with Crippen LogP contribution in [0.4, 0.5) is 4.39 Å². The Hall–Kier alpha value is -2.62. The molecule has 0 radical (unpaired) electrons. The Labute approximate surface area is 109 Å². The van der Waals surface area contributed by atoms with E-state index < -0.39 is 11.8 Å². The van der Waals surface area contributed by atoms with E-state index in [4.69, 9.17) is 9.84 Å². The molecule has 0 amide bonds. The van der Waals surface area contributed by atoms with E-state index in [-0.39, 0.29) is 0 Å². The minimum atomic E-state index is -1.58. The molecule has 0 aliphatic carbocycles. The molecule has 0 heterocycles. The molecule has 96 valence electrons. The fourth-order valence-electron chi connectivity index (χ4n) is 1.46. The van der Waals surface area contributed by atoms with Crippen LogP contribution >= 0.6 is 0 Å². The number of rotatable bonds is 4. The van der Waals surface area contributed by atoms with Gasteiger partial charge in [-0.3, -0.25) is 0 Å². The maximum absolute atomic E-state index is 12.9. The molecule has 0 bridgehead atoms. The third-order valence-corrected chi connectivity index (χ3v) is 2.36. The summed E-state index contributed by atoms with van der Waals surface area (Å²) < 4.78 is 18.4. The second-order valence-corrected chi connectivity index (χ2v) is 3.78. The van der Waals surface area contributed by atoms with Gasteiger partial charge in [0.1, 0.15) is 11.5 Å². The average Bonchev–Trinajstić information content (AvgIpc) is 2.42. The van der Waals surface area contributed by atoms with E-state index in [0.717, 1.165) is 6.08 Å². The van der Waals surface area contributed by atoms with Crippen LogP contribution in [0, 0.1) is 0 Å². The lowest BCUT2D eigenvalue weighted by Crippen LogP contribution is -1.93. The number of ether oxygens (including phenoxy) is 1. The summed E-state index contributed by atoms with van der Waals surface area (Å²) in [4.78, 5) is 10.3. The minimum absolute atomic E-state index is 0.459. The highest BCUT2D eigenvalue weighted by molar-refractivity contribution is 5.89. The van der Waals surface area contributed by atoms with E-state index in [1.807, 2.05) is 30.3 Å². The number of aliphatic carboxylic acids is 1. The van der Waals surface area contributed by atoms with Gasteiger partial charge in [-0.1, -0.05) is 30.3 Å². The molecule has 0 atom stereocenters. The van der Waals surface area contributed by atoms with Gasteiger partial charge in [-0.05, 0) is 35.9 Å². The van der Waals surface area contributed by atoms with E-state index in [0.29, 0.717) is 17.1 Å². The zero-order chi connectivity index (χ0) is 13.7. The Kier molecular flexibility index (Phi) is 3.93. The van der Waals surface area contributed by atoms with Gasteiger partial charge in [0, 0.05) is 0 Å². The van der Waals surface area contributed by atoms with Crippen LogP contribution in [0.2, 0.25) is 0 Å². The van der Waals surface area contributed by atoms with E-state index in [2.05, 4.69) is 0 Å². The number of benzene rings is 2. The molecule has 0 aliphatic rings. The van der Waals surface area contributed by atoms with E-state index in [9.17, 15) is 9.18 Å². The van der Waals surface area contributed by atoms with Crippen molar-refractivity contribution in [1.82, 2.24) is 0 Å². The van der Waals surface area contributed by atoms with Gasteiger partial charge in [-0.25, -0.2) is 4.79 Å². The molecule has 19 heavy (non-hydrogen) atoms. The van der Waals surface area contributed by atoms with Crippen molar-refractivity contribution < 1.29 is 19.0 Å². The summed E-state index contributed by atoms with van der Waals surface area (Å²) in [6.45, 7) is 0. The number of carbonyl (C=O) groups is 1. The number of hydrogen-bond acceptors (Lipinski definition) is 2. The first-order chi connectivity index (χ1) is 9.15. The molecule has 2 aromatic rings. The molecular weight excluding hydrogens is 247 g/mol. The highest BCUT2D eigenvalue weighted by Gasteiger charge is 2.05. The number of carboxylic acids is 1. The molecule has 0 saturated carbocycles. The van der Waals surface area contributed by atoms with Crippen LogP contribution in [0.25, 0.3) is 6.08 Å². The quantitative estimate of drug-likeness (QED) is 0.846. The summed E-state index contributed by atoms with van der Waals surface area (Å²) in [6.07, 6.45) is 0.953. The van der Waals surface area contributed by atoms with Crippen LogP contribution < -0.4 is 4.74 Å². The van der Waals surface area contributed by atoms with Gasteiger partial charge >= 0.3 is 5.97 Å². The van der Waals surface area contributed by atoms with Gasteiger partial charge in [-0.15, -0.1) is 0 Å². The van der Waals surface area contributed by atoms with Crippen molar-refractivity contribution in [2.45, 2.75) is 0 Å². The van der Waals surface area contributed by atoms with Gasteiger partial charge in [0.15, 0.2) is 0 Å². The van der Waals surface area contributed by atoms with Crippen molar-refractivity contribution in [3.8, 4) is 11.5 Å². The van der Waals surface area contributed by atoms with Crippen LogP contribution in [0.15, 0.2) is 60.4 Å². The fraction of sp³-hybridized carbons (Fsp3) is 0. The zero-order valence-electron chi connectivity index (χ0n) is 9.92. The first kappa shape index (κ1) is 12.8. The maximum atomic E-state index is 12.9. The van der Waals surface area contributed by atoms with Gasteiger partial charge in [0.2, 0.25) is 5.83 Å². The van der Waals surface area contributed by atoms with Gasteiger partial charge in [0.25, 0.3) is 0 Å². The summed E-state index contributed by atoms with van der Waals surface area (Å²) in [7, 11) is 0. The molecule has 0 unspecified atom stereocenters. The number of para-hydroxylation sites is 1. The first-order valence-corrected chi connectivity index (χ1v) is 5.58. The Bertz CT molecular complexity index is 589. The normalized spacial score (nSPS) is 11.1. The summed E-state index contributed by atoms with van der Waals surface area (Å²) in [5.74, 6) is -1.48. The van der Waals surface area contributed by atoms with Crippen molar-refractivity contribution in [3.05, 3.63) is 66.0 Å². The van der Waals surface area contributed by atoms with Crippen molar-refractivity contribution in [1.29, 1.82) is 0 Å². The monoisotopic (exact) mass is 258 g/mol. The third-order valence-electron chi connectivity index (χ3n) is 2.36. The predicted octanol–water partition coefficient (Wildman–Crippen LogP) is 3.87. The predicted molar refractivity (Wildman–Crippen MR) is 69.7 cm³/mol. The average molecular weight is 258 g/mol. The zero-order valence-corrected chi connectivity index (χ0v) is 9.92. The van der Waals surface area contributed by atoms with Crippen molar-refractivity contribution in [3.63, 3.8) is 0 Å². The SMILES string of the molecule is O=C(O)/C(F)=C/c1ccc(Oc2ccccc2)cc1. The highest BCUT2D eigenvalue weighted by atomic mass is 19.1. The Morgan fingerprint density at radius 1 is 1.00 bits per heavy atom. The number of carboxylic acid groups (broad SMARTS) is 1. The standard InChI is InChI=1S/C15H11FO3/c16-14(15(17)18)10-11-6-8-13(9-7-11)19-12-4-2-1-3-5-12/h1-10H,(H,17,18)/b14-10-. The van der Waals surface area contributed by atoms with Crippen LogP contribution in [0.1, 0.15) is 5.56 Å². The first-order valence-electron chi connectivity index (χ1n) is 5.58. The molecule has 2 rings (SSSR count). The number of hydrogen-bond donors (Lipinski definition) is 1. The maximum Gasteiger partial charge on any atom is 0.364 e. The molecule has 3 nitrogen and oxygen atoms in total. The van der Waals surface area contributed by atoms with Crippen molar-refractivity contribution >= 4 is 12.0 Å². The summed E-state index contributed by atoms with van der Waals surface area (Å²) in [5.41, 5.74) is 0.459. The Balaban J connectivity index is 2.11. The Morgan fingerprint density at radius 2 is 1.58 bits per heavy atom. The van der Waals surface area contributed by atoms with Crippen molar-refractivity contribution in [2.75, 3.05) is 0 Å². The van der Waals surface area contributed by atoms with Crippen LogP contribution in [-0.2, 0) is 4.79 Å². The molecular formula is C15H11FO3. The molecule has 0 spiro atoms. The van der Waals surface area contributed by atoms with E-state index >= 15 is 0 Å².